The number of rotatable bonds is 5. The van der Waals surface area contributed by atoms with Gasteiger partial charge in [0.1, 0.15) is 5.78 Å². The minimum Gasteiger partial charge on any atom is -0.300 e. The van der Waals surface area contributed by atoms with Crippen LogP contribution in [0.1, 0.15) is 52.0 Å². The van der Waals surface area contributed by atoms with E-state index in [2.05, 4.69) is 38.1 Å². The monoisotopic (exact) mass is 257 g/mol. The molecule has 1 aliphatic rings. The van der Waals surface area contributed by atoms with Crippen molar-refractivity contribution in [1.29, 1.82) is 0 Å². The third kappa shape index (κ3) is 3.52. The molecule has 0 unspecified atom stereocenters. The molecule has 102 valence electrons. The standard InChI is InChI=1S/C17H23NO/c1-13(19)8-7-11-15-12-17(2,3)16(18-15)14-9-5-4-6-10-14/h4-6,9-10,15H,7-8,11-12H2,1-3H3/t15-/m0/s1. The van der Waals surface area contributed by atoms with Gasteiger partial charge in [-0.3, -0.25) is 4.99 Å². The predicted octanol–water partition coefficient (Wildman–Crippen LogP) is 4.03. The van der Waals surface area contributed by atoms with Crippen LogP contribution < -0.4 is 0 Å². The van der Waals surface area contributed by atoms with E-state index in [0.29, 0.717) is 12.5 Å². The van der Waals surface area contributed by atoms with Crippen LogP contribution in [0.4, 0.5) is 0 Å². The molecule has 0 aliphatic carbocycles. The van der Waals surface area contributed by atoms with E-state index >= 15 is 0 Å². The van der Waals surface area contributed by atoms with E-state index in [1.54, 1.807) is 6.92 Å². The topological polar surface area (TPSA) is 29.4 Å². The molecule has 0 spiro atoms. The summed E-state index contributed by atoms with van der Waals surface area (Å²) in [6, 6.07) is 10.8. The lowest BCUT2D eigenvalue weighted by atomic mass is 9.81. The first-order valence-corrected chi connectivity index (χ1v) is 7.12. The molecule has 2 nitrogen and oxygen atoms in total. The molecule has 0 aromatic heterocycles. The summed E-state index contributed by atoms with van der Waals surface area (Å²) in [5.41, 5.74) is 2.60. The Bertz CT molecular complexity index is 473. The molecule has 0 bridgehead atoms. The number of nitrogens with zero attached hydrogens (tertiary/aromatic N) is 1. The molecule has 1 aromatic rings. The van der Waals surface area contributed by atoms with Gasteiger partial charge in [0.15, 0.2) is 0 Å². The molecular weight excluding hydrogens is 234 g/mol. The Labute approximate surface area is 115 Å². The highest BCUT2D eigenvalue weighted by Crippen LogP contribution is 2.37. The van der Waals surface area contributed by atoms with E-state index in [1.165, 1.54) is 11.3 Å². The van der Waals surface area contributed by atoms with Crippen LogP contribution in [-0.4, -0.2) is 17.5 Å². The molecule has 0 fully saturated rings. The van der Waals surface area contributed by atoms with E-state index in [9.17, 15) is 4.79 Å². The number of hydrogen-bond donors (Lipinski definition) is 0. The van der Waals surface area contributed by atoms with Crippen LogP contribution in [0.15, 0.2) is 35.3 Å². The zero-order chi connectivity index (χ0) is 13.9. The van der Waals surface area contributed by atoms with Gasteiger partial charge in [-0.15, -0.1) is 0 Å². The minimum atomic E-state index is 0.141. The van der Waals surface area contributed by atoms with Crippen molar-refractivity contribution in [2.24, 2.45) is 10.4 Å². The van der Waals surface area contributed by atoms with Gasteiger partial charge in [0.2, 0.25) is 0 Å². The van der Waals surface area contributed by atoms with Gasteiger partial charge >= 0.3 is 0 Å². The van der Waals surface area contributed by atoms with Gasteiger partial charge in [-0.25, -0.2) is 0 Å². The molecule has 19 heavy (non-hydrogen) atoms. The molecule has 0 N–H and O–H groups in total. The van der Waals surface area contributed by atoms with Crippen molar-refractivity contribution in [2.75, 3.05) is 0 Å². The van der Waals surface area contributed by atoms with E-state index in [4.69, 9.17) is 4.99 Å². The quantitative estimate of drug-likeness (QED) is 0.783. The van der Waals surface area contributed by atoms with Gasteiger partial charge in [-0.2, -0.15) is 0 Å². The Kier molecular flexibility index (Phi) is 4.18. The van der Waals surface area contributed by atoms with Gasteiger partial charge in [0, 0.05) is 17.5 Å². The van der Waals surface area contributed by atoms with E-state index in [-0.39, 0.29) is 11.2 Å². The highest BCUT2D eigenvalue weighted by molar-refractivity contribution is 6.05. The van der Waals surface area contributed by atoms with Crippen molar-refractivity contribution in [1.82, 2.24) is 0 Å². The molecule has 0 saturated carbocycles. The van der Waals surface area contributed by atoms with Crippen molar-refractivity contribution in [2.45, 2.75) is 52.5 Å². The average Bonchev–Trinajstić information content (AvgIpc) is 2.65. The van der Waals surface area contributed by atoms with Gasteiger partial charge in [-0.05, 0) is 31.7 Å². The summed E-state index contributed by atoms with van der Waals surface area (Å²) < 4.78 is 0. The Morgan fingerprint density at radius 3 is 2.63 bits per heavy atom. The molecule has 2 heteroatoms. The van der Waals surface area contributed by atoms with Gasteiger partial charge in [0.05, 0.1) is 6.04 Å². The zero-order valence-corrected chi connectivity index (χ0v) is 12.1. The second-order valence-electron chi connectivity index (χ2n) is 6.18. The number of Topliss-reactive ketones (excluding diaryl/α,β-unsaturated/α-hetero) is 1. The summed E-state index contributed by atoms with van der Waals surface area (Å²) >= 11 is 0. The van der Waals surface area contributed by atoms with Crippen LogP contribution in [-0.2, 0) is 4.79 Å². The predicted molar refractivity (Wildman–Crippen MR) is 79.7 cm³/mol. The summed E-state index contributed by atoms with van der Waals surface area (Å²) in [4.78, 5) is 15.9. The first-order valence-electron chi connectivity index (χ1n) is 7.12. The smallest absolute Gasteiger partial charge is 0.129 e. The fourth-order valence-electron chi connectivity index (χ4n) is 2.90. The fourth-order valence-corrected chi connectivity index (χ4v) is 2.90. The highest BCUT2D eigenvalue weighted by Gasteiger charge is 2.35. The van der Waals surface area contributed by atoms with E-state index < -0.39 is 0 Å². The first kappa shape index (κ1) is 14.0. The highest BCUT2D eigenvalue weighted by atomic mass is 16.1. The maximum absolute atomic E-state index is 11.0. The Morgan fingerprint density at radius 2 is 2.00 bits per heavy atom. The van der Waals surface area contributed by atoms with Crippen molar-refractivity contribution in [3.63, 3.8) is 0 Å². The summed E-state index contributed by atoms with van der Waals surface area (Å²) in [5, 5.41) is 0. The Morgan fingerprint density at radius 1 is 1.32 bits per heavy atom. The third-order valence-corrected chi connectivity index (χ3v) is 3.81. The lowest BCUT2D eigenvalue weighted by Crippen LogP contribution is -2.21. The molecule has 1 aliphatic heterocycles. The van der Waals surface area contributed by atoms with Crippen molar-refractivity contribution in [3.8, 4) is 0 Å². The van der Waals surface area contributed by atoms with E-state index in [0.717, 1.165) is 19.3 Å². The molecule has 0 radical (unpaired) electrons. The molecule has 2 rings (SSSR count). The number of hydrogen-bond acceptors (Lipinski definition) is 2. The number of benzene rings is 1. The molecule has 0 amide bonds. The summed E-state index contributed by atoms with van der Waals surface area (Å²) in [5.74, 6) is 0.282. The second-order valence-corrected chi connectivity index (χ2v) is 6.18. The lowest BCUT2D eigenvalue weighted by molar-refractivity contribution is -0.117. The van der Waals surface area contributed by atoms with Crippen molar-refractivity contribution < 1.29 is 4.79 Å². The third-order valence-electron chi connectivity index (χ3n) is 3.81. The molecule has 1 aromatic carbocycles. The summed E-state index contributed by atoms with van der Waals surface area (Å²) in [7, 11) is 0. The first-order chi connectivity index (χ1) is 8.99. The van der Waals surface area contributed by atoms with Crippen LogP contribution in [0, 0.1) is 5.41 Å². The summed E-state index contributed by atoms with van der Waals surface area (Å²) in [6.07, 6.45) is 3.77. The number of carbonyl (C=O) groups excluding carboxylic acids is 1. The molecule has 0 saturated heterocycles. The Balaban J connectivity index is 2.07. The molecule has 1 atom stereocenters. The van der Waals surface area contributed by atoms with Gasteiger partial charge < -0.3 is 4.79 Å². The van der Waals surface area contributed by atoms with Crippen LogP contribution in [0.3, 0.4) is 0 Å². The second kappa shape index (κ2) is 5.68. The number of ketones is 1. The fraction of sp³-hybridized carbons (Fsp3) is 0.529. The molecule has 1 heterocycles. The maximum Gasteiger partial charge on any atom is 0.129 e. The Hall–Kier alpha value is -1.44. The van der Waals surface area contributed by atoms with Gasteiger partial charge in [-0.1, -0.05) is 44.2 Å². The number of aliphatic imine (C=N–C) groups is 1. The minimum absolute atomic E-state index is 0.141. The van der Waals surface area contributed by atoms with Crippen LogP contribution in [0.2, 0.25) is 0 Å². The van der Waals surface area contributed by atoms with Crippen LogP contribution in [0.5, 0.6) is 0 Å². The lowest BCUT2D eigenvalue weighted by Gasteiger charge is -2.21. The average molecular weight is 257 g/mol. The summed E-state index contributed by atoms with van der Waals surface area (Å²) in [6.45, 7) is 6.20. The van der Waals surface area contributed by atoms with Crippen molar-refractivity contribution in [3.05, 3.63) is 35.9 Å². The van der Waals surface area contributed by atoms with Crippen molar-refractivity contribution >= 4 is 11.5 Å². The molecular formula is C17H23NO. The largest absolute Gasteiger partial charge is 0.300 e. The van der Waals surface area contributed by atoms with Gasteiger partial charge in [0.25, 0.3) is 0 Å². The maximum atomic E-state index is 11.0. The SMILES string of the molecule is CC(=O)CCC[C@H]1CC(C)(C)C(c2ccccc2)=N1. The zero-order valence-electron chi connectivity index (χ0n) is 12.1. The number of carbonyl (C=O) groups is 1. The van der Waals surface area contributed by atoms with E-state index in [1.807, 2.05) is 6.07 Å². The van der Waals surface area contributed by atoms with Crippen LogP contribution in [0.25, 0.3) is 0 Å². The van der Waals surface area contributed by atoms with Crippen LogP contribution >= 0.6 is 0 Å². The normalized spacial score (nSPS) is 21.2.